The molecule has 0 bridgehead atoms. The van der Waals surface area contributed by atoms with E-state index in [0.717, 1.165) is 0 Å². The molecular formula is C7H10Cl2O2. The Kier molecular flexibility index (Phi) is 6.37. The van der Waals surface area contributed by atoms with Crippen LogP contribution in [-0.2, 0) is 9.53 Å². The number of alkyl halides is 1. The first kappa shape index (κ1) is 10.8. The molecule has 0 aromatic carbocycles. The first-order valence-corrected chi connectivity index (χ1v) is 4.18. The van der Waals surface area contributed by atoms with E-state index in [1.807, 2.05) is 0 Å². The molecule has 0 saturated carbocycles. The van der Waals surface area contributed by atoms with Gasteiger partial charge in [-0.25, -0.2) is 0 Å². The summed E-state index contributed by atoms with van der Waals surface area (Å²) in [6.45, 7) is 2.15. The Morgan fingerprint density at radius 3 is 2.73 bits per heavy atom. The Labute approximate surface area is 76.1 Å². The molecular weight excluding hydrogens is 187 g/mol. The van der Waals surface area contributed by atoms with Crippen molar-refractivity contribution >= 4 is 29.2 Å². The van der Waals surface area contributed by atoms with Gasteiger partial charge in [0.2, 0.25) is 0 Å². The molecule has 64 valence electrons. The van der Waals surface area contributed by atoms with Gasteiger partial charge in [-0.1, -0.05) is 17.7 Å². The summed E-state index contributed by atoms with van der Waals surface area (Å²) in [5.41, 5.74) is 0. The van der Waals surface area contributed by atoms with Gasteiger partial charge in [-0.3, -0.25) is 4.79 Å². The van der Waals surface area contributed by atoms with Gasteiger partial charge in [0, 0.05) is 5.03 Å². The molecule has 0 aliphatic carbocycles. The Bertz CT molecular complexity index is 155. The fourth-order valence-electron chi connectivity index (χ4n) is 0.469. The van der Waals surface area contributed by atoms with Crippen molar-refractivity contribution in [1.29, 1.82) is 0 Å². The van der Waals surface area contributed by atoms with E-state index < -0.39 is 0 Å². The molecule has 0 heterocycles. The van der Waals surface area contributed by atoms with E-state index in [0.29, 0.717) is 11.6 Å². The first-order chi connectivity index (χ1) is 5.20. The maximum absolute atomic E-state index is 10.7. The molecule has 0 rings (SSSR count). The second kappa shape index (κ2) is 6.50. The Morgan fingerprint density at radius 1 is 1.64 bits per heavy atom. The molecule has 2 nitrogen and oxygen atoms in total. The van der Waals surface area contributed by atoms with E-state index in [-0.39, 0.29) is 18.3 Å². The highest BCUT2D eigenvalue weighted by atomic mass is 35.5. The van der Waals surface area contributed by atoms with Crippen molar-refractivity contribution in [3.63, 3.8) is 0 Å². The summed E-state index contributed by atoms with van der Waals surface area (Å²) in [4.78, 5) is 10.7. The van der Waals surface area contributed by atoms with Crippen LogP contribution in [-0.4, -0.2) is 18.5 Å². The number of hydrogen-bond acceptors (Lipinski definition) is 2. The van der Waals surface area contributed by atoms with Gasteiger partial charge in [-0.15, -0.1) is 11.6 Å². The molecule has 11 heavy (non-hydrogen) atoms. The molecule has 0 fully saturated rings. The summed E-state index contributed by atoms with van der Waals surface area (Å²) in [7, 11) is 0. The molecule has 0 unspecified atom stereocenters. The maximum atomic E-state index is 10.7. The summed E-state index contributed by atoms with van der Waals surface area (Å²) in [6, 6.07) is 0. The predicted molar refractivity (Wildman–Crippen MR) is 45.9 cm³/mol. The molecule has 0 aromatic rings. The molecule has 0 atom stereocenters. The number of esters is 1. The lowest BCUT2D eigenvalue weighted by atomic mass is 10.4. The highest BCUT2D eigenvalue weighted by Crippen LogP contribution is 2.04. The average Bonchev–Trinajstić information content (AvgIpc) is 2.01. The SMILES string of the molecule is CCOC(=O)C/C=C(/Cl)CCl. The molecule has 0 N–H and O–H groups in total. The van der Waals surface area contributed by atoms with Crippen LogP contribution in [0.15, 0.2) is 11.1 Å². The molecule has 4 heteroatoms. The van der Waals surface area contributed by atoms with E-state index in [2.05, 4.69) is 4.74 Å². The third-order valence-electron chi connectivity index (χ3n) is 0.923. The van der Waals surface area contributed by atoms with E-state index in [1.54, 1.807) is 13.0 Å². The van der Waals surface area contributed by atoms with Gasteiger partial charge in [-0.05, 0) is 6.92 Å². The summed E-state index contributed by atoms with van der Waals surface area (Å²) in [5.74, 6) is -0.0446. The highest BCUT2D eigenvalue weighted by molar-refractivity contribution is 6.35. The molecule has 0 radical (unpaired) electrons. The molecule has 0 aliphatic heterocycles. The van der Waals surface area contributed by atoms with Crippen LogP contribution in [0, 0.1) is 0 Å². The number of carbonyl (C=O) groups excluding carboxylic acids is 1. The Balaban J connectivity index is 3.60. The fourth-order valence-corrected chi connectivity index (χ4v) is 0.655. The van der Waals surface area contributed by atoms with Crippen molar-refractivity contribution in [2.45, 2.75) is 13.3 Å². The minimum absolute atomic E-state index is 0.194. The molecule has 0 amide bonds. The minimum atomic E-state index is -0.282. The number of rotatable bonds is 4. The maximum Gasteiger partial charge on any atom is 0.309 e. The second-order valence-corrected chi connectivity index (χ2v) is 2.55. The van der Waals surface area contributed by atoms with E-state index >= 15 is 0 Å². The zero-order chi connectivity index (χ0) is 8.69. The first-order valence-electron chi connectivity index (χ1n) is 3.26. The van der Waals surface area contributed by atoms with Gasteiger partial charge >= 0.3 is 5.97 Å². The van der Waals surface area contributed by atoms with Crippen molar-refractivity contribution in [3.8, 4) is 0 Å². The van der Waals surface area contributed by atoms with Crippen LogP contribution in [0.2, 0.25) is 0 Å². The third-order valence-corrected chi connectivity index (χ3v) is 1.64. The lowest BCUT2D eigenvalue weighted by molar-refractivity contribution is -0.142. The van der Waals surface area contributed by atoms with E-state index in [1.165, 1.54) is 0 Å². The van der Waals surface area contributed by atoms with Crippen LogP contribution in [0.4, 0.5) is 0 Å². The summed E-state index contributed by atoms with van der Waals surface area (Å²) in [5, 5.41) is 0.472. The van der Waals surface area contributed by atoms with Gasteiger partial charge in [0.1, 0.15) is 0 Å². The van der Waals surface area contributed by atoms with Crippen molar-refractivity contribution in [2.24, 2.45) is 0 Å². The number of allylic oxidation sites excluding steroid dienone is 1. The smallest absolute Gasteiger partial charge is 0.309 e. The quantitative estimate of drug-likeness (QED) is 0.510. The molecule has 0 saturated heterocycles. The van der Waals surface area contributed by atoms with Crippen molar-refractivity contribution in [3.05, 3.63) is 11.1 Å². The lowest BCUT2D eigenvalue weighted by Gasteiger charge is -1.96. The van der Waals surface area contributed by atoms with Crippen LogP contribution >= 0.6 is 23.2 Å². The zero-order valence-electron chi connectivity index (χ0n) is 6.27. The average molecular weight is 197 g/mol. The van der Waals surface area contributed by atoms with Crippen LogP contribution in [0.25, 0.3) is 0 Å². The second-order valence-electron chi connectivity index (χ2n) is 1.79. The van der Waals surface area contributed by atoms with Gasteiger partial charge in [0.15, 0.2) is 0 Å². The Hall–Kier alpha value is -0.210. The topological polar surface area (TPSA) is 26.3 Å². The van der Waals surface area contributed by atoms with Gasteiger partial charge in [0.05, 0.1) is 18.9 Å². The van der Waals surface area contributed by atoms with Gasteiger partial charge in [0.25, 0.3) is 0 Å². The predicted octanol–water partition coefficient (Wildman–Crippen LogP) is 2.30. The van der Waals surface area contributed by atoms with E-state index in [9.17, 15) is 4.79 Å². The molecule has 0 aromatic heterocycles. The fraction of sp³-hybridized carbons (Fsp3) is 0.571. The number of carbonyl (C=O) groups is 1. The standard InChI is InChI=1S/C7H10Cl2O2/c1-2-11-7(10)4-3-6(9)5-8/h3H,2,4-5H2,1H3/b6-3+. The number of halogens is 2. The van der Waals surface area contributed by atoms with Crippen molar-refractivity contribution < 1.29 is 9.53 Å². The van der Waals surface area contributed by atoms with Gasteiger partial charge < -0.3 is 4.74 Å². The highest BCUT2D eigenvalue weighted by Gasteiger charge is 1.98. The van der Waals surface area contributed by atoms with Crippen LogP contribution in [0.3, 0.4) is 0 Å². The lowest BCUT2D eigenvalue weighted by Crippen LogP contribution is -2.01. The van der Waals surface area contributed by atoms with Crippen LogP contribution < -0.4 is 0 Å². The van der Waals surface area contributed by atoms with Crippen molar-refractivity contribution in [2.75, 3.05) is 12.5 Å². The third kappa shape index (κ3) is 6.20. The van der Waals surface area contributed by atoms with Crippen LogP contribution in [0.1, 0.15) is 13.3 Å². The Morgan fingerprint density at radius 2 is 2.27 bits per heavy atom. The number of hydrogen-bond donors (Lipinski definition) is 0. The van der Waals surface area contributed by atoms with Crippen molar-refractivity contribution in [1.82, 2.24) is 0 Å². The monoisotopic (exact) mass is 196 g/mol. The summed E-state index contributed by atoms with van der Waals surface area (Å²) < 4.78 is 4.65. The molecule has 0 spiro atoms. The minimum Gasteiger partial charge on any atom is -0.466 e. The van der Waals surface area contributed by atoms with Gasteiger partial charge in [-0.2, -0.15) is 0 Å². The van der Waals surface area contributed by atoms with Crippen LogP contribution in [0.5, 0.6) is 0 Å². The normalized spacial score (nSPS) is 11.4. The summed E-state index contributed by atoms with van der Waals surface area (Å²) in [6.07, 6.45) is 1.74. The zero-order valence-corrected chi connectivity index (χ0v) is 7.78. The van der Waals surface area contributed by atoms with E-state index in [4.69, 9.17) is 23.2 Å². The molecule has 0 aliphatic rings. The largest absolute Gasteiger partial charge is 0.466 e. The summed E-state index contributed by atoms with van der Waals surface area (Å²) >= 11 is 10.9. The number of ether oxygens (including phenoxy) is 1.